The van der Waals surface area contributed by atoms with Crippen LogP contribution in [-0.2, 0) is 27.4 Å². The molecule has 1 heterocycles. The van der Waals surface area contributed by atoms with Gasteiger partial charge in [0.1, 0.15) is 12.4 Å². The molecule has 0 fully saturated rings. The van der Waals surface area contributed by atoms with Gasteiger partial charge in [-0.05, 0) is 60.5 Å². The minimum Gasteiger partial charge on any atom is -0.497 e. The molecule has 2 N–H and O–H groups in total. The van der Waals surface area contributed by atoms with Crippen LogP contribution in [0.1, 0.15) is 27.2 Å². The van der Waals surface area contributed by atoms with E-state index >= 15 is 0 Å². The maximum atomic E-state index is 13.4. The van der Waals surface area contributed by atoms with E-state index in [0.717, 1.165) is 5.56 Å². The highest BCUT2D eigenvalue weighted by molar-refractivity contribution is 6.30. The van der Waals surface area contributed by atoms with E-state index in [9.17, 15) is 19.5 Å². The van der Waals surface area contributed by atoms with E-state index < -0.39 is 24.5 Å². The third kappa shape index (κ3) is 5.88. The van der Waals surface area contributed by atoms with Crippen molar-refractivity contribution in [1.82, 2.24) is 9.88 Å². The van der Waals surface area contributed by atoms with Gasteiger partial charge in [-0.1, -0.05) is 41.9 Å². The second-order valence-corrected chi connectivity index (χ2v) is 9.10. The van der Waals surface area contributed by atoms with Gasteiger partial charge in [0.2, 0.25) is 5.91 Å². The molecule has 4 aromatic rings. The number of nitrogens with one attached hydrogen (secondary N) is 1. The van der Waals surface area contributed by atoms with Gasteiger partial charge in [-0.25, -0.2) is 4.79 Å². The van der Waals surface area contributed by atoms with Crippen LogP contribution in [0.4, 0.5) is 0 Å². The standard InChI is InChI=1S/C29H27ClN2O6/c1-18-23(15-27(34)31-25(16-33)29(36)38-17-19-6-4-3-5-7-19)24-14-22(37-2)12-13-26(24)32(18)28(35)20-8-10-21(30)11-9-20/h3-14,25,33H,15-17H2,1-2H3,(H,31,34)/t25-/m0/s1. The Morgan fingerprint density at radius 3 is 2.39 bits per heavy atom. The van der Waals surface area contributed by atoms with Crippen LogP contribution in [0.2, 0.25) is 5.02 Å². The normalized spacial score (nSPS) is 11.7. The second kappa shape index (κ2) is 11.9. The van der Waals surface area contributed by atoms with E-state index in [4.69, 9.17) is 21.1 Å². The van der Waals surface area contributed by atoms with Crippen LogP contribution in [0, 0.1) is 6.92 Å². The minimum absolute atomic E-state index is 0.0191. The van der Waals surface area contributed by atoms with E-state index in [-0.39, 0.29) is 18.9 Å². The molecule has 1 amide bonds. The Labute approximate surface area is 224 Å². The first-order valence-electron chi connectivity index (χ1n) is 11.9. The molecule has 3 aromatic carbocycles. The fourth-order valence-corrected chi connectivity index (χ4v) is 4.34. The maximum absolute atomic E-state index is 13.4. The number of rotatable bonds is 9. The van der Waals surface area contributed by atoms with Crippen molar-refractivity contribution in [3.05, 3.63) is 100 Å². The number of ether oxygens (including phenoxy) is 2. The van der Waals surface area contributed by atoms with Gasteiger partial charge in [0.05, 0.1) is 25.7 Å². The van der Waals surface area contributed by atoms with Gasteiger partial charge in [0.25, 0.3) is 5.91 Å². The molecule has 9 heteroatoms. The zero-order chi connectivity index (χ0) is 27.2. The molecule has 0 spiro atoms. The largest absolute Gasteiger partial charge is 0.497 e. The summed E-state index contributed by atoms with van der Waals surface area (Å²) in [6.45, 7) is 1.15. The molecule has 38 heavy (non-hydrogen) atoms. The summed E-state index contributed by atoms with van der Waals surface area (Å²) in [7, 11) is 1.53. The summed E-state index contributed by atoms with van der Waals surface area (Å²) in [6.07, 6.45) is -0.140. The monoisotopic (exact) mass is 534 g/mol. The quantitative estimate of drug-likeness (QED) is 0.314. The Morgan fingerprint density at radius 1 is 1.03 bits per heavy atom. The summed E-state index contributed by atoms with van der Waals surface area (Å²) < 4.78 is 12.2. The van der Waals surface area contributed by atoms with Crippen molar-refractivity contribution in [2.45, 2.75) is 26.0 Å². The summed E-state index contributed by atoms with van der Waals surface area (Å²) in [5.74, 6) is -0.972. The van der Waals surface area contributed by atoms with Crippen molar-refractivity contribution < 1.29 is 29.0 Å². The molecule has 0 aliphatic heterocycles. The molecule has 1 atom stereocenters. The zero-order valence-electron chi connectivity index (χ0n) is 20.9. The summed E-state index contributed by atoms with van der Waals surface area (Å²) in [5.41, 5.74) is 2.98. The van der Waals surface area contributed by atoms with Crippen LogP contribution >= 0.6 is 11.6 Å². The van der Waals surface area contributed by atoms with Crippen LogP contribution in [-0.4, -0.2) is 47.2 Å². The molecule has 8 nitrogen and oxygen atoms in total. The van der Waals surface area contributed by atoms with Crippen LogP contribution in [0.15, 0.2) is 72.8 Å². The number of aromatic nitrogens is 1. The third-order valence-corrected chi connectivity index (χ3v) is 6.45. The molecule has 0 saturated carbocycles. The average Bonchev–Trinajstić information content (AvgIpc) is 3.20. The summed E-state index contributed by atoms with van der Waals surface area (Å²) in [5, 5.41) is 13.5. The molecule has 0 aliphatic carbocycles. The van der Waals surface area contributed by atoms with Crippen LogP contribution in [0.5, 0.6) is 5.75 Å². The number of hydrogen-bond donors (Lipinski definition) is 2. The van der Waals surface area contributed by atoms with E-state index in [1.54, 1.807) is 61.5 Å². The fourth-order valence-electron chi connectivity index (χ4n) is 4.21. The lowest BCUT2D eigenvalue weighted by atomic mass is 10.1. The van der Waals surface area contributed by atoms with E-state index in [1.165, 1.54) is 11.7 Å². The number of carbonyl (C=O) groups is 3. The van der Waals surface area contributed by atoms with Gasteiger partial charge in [-0.15, -0.1) is 0 Å². The zero-order valence-corrected chi connectivity index (χ0v) is 21.7. The van der Waals surface area contributed by atoms with Gasteiger partial charge >= 0.3 is 5.97 Å². The Bertz CT molecular complexity index is 1460. The lowest BCUT2D eigenvalue weighted by Gasteiger charge is -2.16. The number of amides is 1. The first-order valence-corrected chi connectivity index (χ1v) is 12.3. The molecule has 0 unspecified atom stereocenters. The molecule has 0 aliphatic rings. The van der Waals surface area contributed by atoms with Gasteiger partial charge in [0.15, 0.2) is 6.04 Å². The number of carbonyl (C=O) groups excluding carboxylic acids is 3. The first-order chi connectivity index (χ1) is 18.3. The highest BCUT2D eigenvalue weighted by Gasteiger charge is 2.25. The van der Waals surface area contributed by atoms with Crippen molar-refractivity contribution in [1.29, 1.82) is 0 Å². The Kier molecular flexibility index (Phi) is 8.45. The molecule has 196 valence electrons. The maximum Gasteiger partial charge on any atom is 0.331 e. The van der Waals surface area contributed by atoms with Crippen LogP contribution in [0.3, 0.4) is 0 Å². The number of halogens is 1. The summed E-state index contributed by atoms with van der Waals surface area (Å²) in [4.78, 5) is 39.0. The number of benzene rings is 3. The SMILES string of the molecule is COc1ccc2c(c1)c(CC(=O)N[C@@H](CO)C(=O)OCc1ccccc1)c(C)n2C(=O)c1ccc(Cl)cc1. The van der Waals surface area contributed by atoms with Crippen LogP contribution in [0.25, 0.3) is 10.9 Å². The fraction of sp³-hybridized carbons (Fsp3) is 0.207. The van der Waals surface area contributed by atoms with Crippen molar-refractivity contribution in [2.24, 2.45) is 0 Å². The van der Waals surface area contributed by atoms with Gasteiger partial charge in [-0.2, -0.15) is 0 Å². The lowest BCUT2D eigenvalue weighted by Crippen LogP contribution is -2.45. The third-order valence-electron chi connectivity index (χ3n) is 6.20. The van der Waals surface area contributed by atoms with Gasteiger partial charge < -0.3 is 19.9 Å². The Hall–Kier alpha value is -4.14. The Balaban J connectivity index is 1.58. The minimum atomic E-state index is -1.23. The van der Waals surface area contributed by atoms with Crippen molar-refractivity contribution in [2.75, 3.05) is 13.7 Å². The number of nitrogens with zero attached hydrogens (tertiary/aromatic N) is 1. The highest BCUT2D eigenvalue weighted by atomic mass is 35.5. The summed E-state index contributed by atoms with van der Waals surface area (Å²) >= 11 is 5.98. The molecule has 4 rings (SSSR count). The van der Waals surface area contributed by atoms with Gasteiger partial charge in [0, 0.05) is 21.7 Å². The highest BCUT2D eigenvalue weighted by Crippen LogP contribution is 2.31. The van der Waals surface area contributed by atoms with E-state index in [1.807, 2.05) is 18.2 Å². The smallest absolute Gasteiger partial charge is 0.331 e. The average molecular weight is 535 g/mol. The van der Waals surface area contributed by atoms with Crippen LogP contribution < -0.4 is 10.1 Å². The predicted molar refractivity (Wildman–Crippen MR) is 143 cm³/mol. The molecular weight excluding hydrogens is 508 g/mol. The van der Waals surface area contributed by atoms with Gasteiger partial charge in [-0.3, -0.25) is 14.2 Å². The van der Waals surface area contributed by atoms with Crippen molar-refractivity contribution >= 4 is 40.3 Å². The number of methoxy groups -OCH3 is 1. The lowest BCUT2D eigenvalue weighted by molar-refractivity contribution is -0.150. The number of esters is 1. The van der Waals surface area contributed by atoms with Crippen molar-refractivity contribution in [3.8, 4) is 5.75 Å². The second-order valence-electron chi connectivity index (χ2n) is 8.67. The van der Waals surface area contributed by atoms with E-state index in [0.29, 0.717) is 38.5 Å². The number of hydrogen-bond acceptors (Lipinski definition) is 6. The molecule has 0 bridgehead atoms. The molecule has 0 saturated heterocycles. The van der Waals surface area contributed by atoms with Crippen molar-refractivity contribution in [3.63, 3.8) is 0 Å². The number of aliphatic hydroxyl groups excluding tert-OH is 1. The summed E-state index contributed by atoms with van der Waals surface area (Å²) in [6, 6.07) is 19.7. The Morgan fingerprint density at radius 2 is 1.74 bits per heavy atom. The first kappa shape index (κ1) is 26.9. The number of aliphatic hydroxyl groups is 1. The molecule has 0 radical (unpaired) electrons. The number of fused-ring (bicyclic) bond motifs is 1. The molecule has 1 aromatic heterocycles. The predicted octanol–water partition coefficient (Wildman–Crippen LogP) is 4.06. The molecular formula is C29H27ClN2O6. The topological polar surface area (TPSA) is 107 Å². The van der Waals surface area contributed by atoms with E-state index in [2.05, 4.69) is 5.32 Å².